The lowest BCUT2D eigenvalue weighted by molar-refractivity contribution is 0.346. The highest BCUT2D eigenvalue weighted by Crippen LogP contribution is 2.24. The first kappa shape index (κ1) is 11.6. The number of piperidine rings is 1. The van der Waals surface area contributed by atoms with E-state index in [1.807, 2.05) is 0 Å². The Morgan fingerprint density at radius 2 is 2.00 bits per heavy atom. The van der Waals surface area contributed by atoms with Crippen molar-refractivity contribution < 1.29 is 8.42 Å². The molecule has 0 spiro atoms. The molecule has 7 heteroatoms. The summed E-state index contributed by atoms with van der Waals surface area (Å²) in [5.41, 5.74) is 0.507. The molecule has 0 atom stereocenters. The van der Waals surface area contributed by atoms with E-state index in [0.717, 1.165) is 19.3 Å². The van der Waals surface area contributed by atoms with Crippen molar-refractivity contribution in [3.63, 3.8) is 0 Å². The highest BCUT2D eigenvalue weighted by Gasteiger charge is 2.29. The zero-order valence-corrected chi connectivity index (χ0v) is 10.7. The van der Waals surface area contributed by atoms with Gasteiger partial charge in [0.2, 0.25) is 5.03 Å². The van der Waals surface area contributed by atoms with Gasteiger partial charge >= 0.3 is 0 Å². The molecule has 1 aliphatic heterocycles. The van der Waals surface area contributed by atoms with Crippen LogP contribution in [0.2, 0.25) is 0 Å². The number of nitrogens with zero attached hydrogens (tertiary/aromatic N) is 3. The second kappa shape index (κ2) is 4.33. The minimum atomic E-state index is -3.49. The van der Waals surface area contributed by atoms with Crippen molar-refractivity contribution in [1.82, 2.24) is 19.5 Å². The van der Waals surface area contributed by atoms with E-state index in [1.54, 1.807) is 18.3 Å². The first-order chi connectivity index (χ1) is 8.69. The van der Waals surface area contributed by atoms with E-state index >= 15 is 0 Å². The maximum absolute atomic E-state index is 12.5. The van der Waals surface area contributed by atoms with Crippen molar-refractivity contribution >= 4 is 21.1 Å². The van der Waals surface area contributed by atoms with Crippen LogP contribution < -0.4 is 0 Å². The van der Waals surface area contributed by atoms with Crippen LogP contribution in [0.5, 0.6) is 0 Å². The minimum Gasteiger partial charge on any atom is -0.259 e. The van der Waals surface area contributed by atoms with Gasteiger partial charge in [-0.2, -0.15) is 9.40 Å². The number of H-pyrrole nitrogens is 1. The third kappa shape index (κ3) is 1.79. The van der Waals surface area contributed by atoms with E-state index in [1.165, 1.54) is 4.31 Å². The topological polar surface area (TPSA) is 79.0 Å². The standard InChI is InChI=1S/C11H14N4O2S/c16-18(17,15-7-2-1-3-8-15)11-9-5-4-6-12-10(9)13-14-11/h4-6H,1-3,7-8H2,(H,12,13,14). The predicted molar refractivity (Wildman–Crippen MR) is 66.5 cm³/mol. The van der Waals surface area contributed by atoms with Crippen LogP contribution in [0.25, 0.3) is 11.0 Å². The summed E-state index contributed by atoms with van der Waals surface area (Å²) in [4.78, 5) is 4.06. The molecule has 96 valence electrons. The average Bonchev–Trinajstić information content (AvgIpc) is 2.84. The number of hydrogen-bond donors (Lipinski definition) is 1. The number of hydrogen-bond acceptors (Lipinski definition) is 4. The van der Waals surface area contributed by atoms with Gasteiger partial charge in [-0.1, -0.05) is 6.42 Å². The molecule has 2 aromatic heterocycles. The Bertz CT molecular complexity index is 658. The van der Waals surface area contributed by atoms with Gasteiger partial charge < -0.3 is 0 Å². The van der Waals surface area contributed by atoms with Crippen LogP contribution in [0.4, 0.5) is 0 Å². The van der Waals surface area contributed by atoms with Gasteiger partial charge in [0.1, 0.15) is 0 Å². The second-order valence-electron chi connectivity index (χ2n) is 4.39. The molecule has 0 bridgehead atoms. The van der Waals surface area contributed by atoms with Crippen LogP contribution in [0, 0.1) is 0 Å². The van der Waals surface area contributed by atoms with Crippen molar-refractivity contribution in [2.75, 3.05) is 13.1 Å². The number of nitrogens with one attached hydrogen (secondary N) is 1. The Labute approximate surface area is 105 Å². The summed E-state index contributed by atoms with van der Waals surface area (Å²) in [7, 11) is -3.49. The molecular formula is C11H14N4O2S. The first-order valence-corrected chi connectivity index (χ1v) is 7.43. The van der Waals surface area contributed by atoms with Gasteiger partial charge in [0.25, 0.3) is 10.0 Å². The summed E-state index contributed by atoms with van der Waals surface area (Å²) in [6.45, 7) is 1.16. The second-order valence-corrected chi connectivity index (χ2v) is 6.25. The maximum atomic E-state index is 12.5. The molecular weight excluding hydrogens is 252 g/mol. The number of aromatic nitrogens is 3. The highest BCUT2D eigenvalue weighted by atomic mass is 32.2. The molecule has 0 amide bonds. The summed E-state index contributed by atoms with van der Waals surface area (Å²) >= 11 is 0. The number of pyridine rings is 1. The molecule has 3 rings (SSSR count). The van der Waals surface area contributed by atoms with Gasteiger partial charge in [0.05, 0.1) is 5.39 Å². The van der Waals surface area contributed by atoms with Crippen molar-refractivity contribution in [3.05, 3.63) is 18.3 Å². The van der Waals surface area contributed by atoms with Crippen LogP contribution >= 0.6 is 0 Å². The van der Waals surface area contributed by atoms with Crippen LogP contribution in [0.3, 0.4) is 0 Å². The molecule has 0 aromatic carbocycles. The predicted octanol–water partition coefficient (Wildman–Crippen LogP) is 1.13. The molecule has 1 saturated heterocycles. The Kier molecular flexibility index (Phi) is 2.79. The quantitative estimate of drug-likeness (QED) is 0.883. The van der Waals surface area contributed by atoms with Crippen molar-refractivity contribution in [2.45, 2.75) is 24.3 Å². The van der Waals surface area contributed by atoms with E-state index < -0.39 is 10.0 Å². The summed E-state index contributed by atoms with van der Waals surface area (Å²) in [5, 5.41) is 7.24. The fraction of sp³-hybridized carbons (Fsp3) is 0.455. The van der Waals surface area contributed by atoms with E-state index in [-0.39, 0.29) is 5.03 Å². The summed E-state index contributed by atoms with van der Waals surface area (Å²) in [6, 6.07) is 3.44. The lowest BCUT2D eigenvalue weighted by atomic mass is 10.2. The molecule has 0 unspecified atom stereocenters. The van der Waals surface area contributed by atoms with Gasteiger partial charge in [0, 0.05) is 19.3 Å². The Hall–Kier alpha value is -1.47. The van der Waals surface area contributed by atoms with E-state index in [4.69, 9.17) is 0 Å². The van der Waals surface area contributed by atoms with Gasteiger partial charge in [-0.3, -0.25) is 5.10 Å². The molecule has 18 heavy (non-hydrogen) atoms. The third-order valence-corrected chi connectivity index (χ3v) is 5.05. The normalized spacial score (nSPS) is 18.2. The molecule has 1 aliphatic rings. The molecule has 2 aromatic rings. The molecule has 1 N–H and O–H groups in total. The number of rotatable bonds is 2. The summed E-state index contributed by atoms with van der Waals surface area (Å²) in [5.74, 6) is 0. The number of sulfonamides is 1. The average molecular weight is 266 g/mol. The van der Waals surface area contributed by atoms with Crippen molar-refractivity contribution in [1.29, 1.82) is 0 Å². The Balaban J connectivity index is 2.07. The van der Waals surface area contributed by atoms with Gasteiger partial charge in [-0.05, 0) is 25.0 Å². The molecule has 0 saturated carbocycles. The zero-order chi connectivity index (χ0) is 12.6. The van der Waals surface area contributed by atoms with E-state index in [2.05, 4.69) is 15.2 Å². The fourth-order valence-corrected chi connectivity index (χ4v) is 3.84. The van der Waals surface area contributed by atoms with Crippen LogP contribution in [-0.4, -0.2) is 41.0 Å². The molecule has 6 nitrogen and oxygen atoms in total. The zero-order valence-electron chi connectivity index (χ0n) is 9.83. The Morgan fingerprint density at radius 1 is 1.22 bits per heavy atom. The molecule has 1 fully saturated rings. The molecule has 0 aliphatic carbocycles. The fourth-order valence-electron chi connectivity index (χ4n) is 2.26. The Morgan fingerprint density at radius 3 is 2.78 bits per heavy atom. The minimum absolute atomic E-state index is 0.0903. The summed E-state index contributed by atoms with van der Waals surface area (Å²) < 4.78 is 26.5. The van der Waals surface area contributed by atoms with Crippen LogP contribution in [0.15, 0.2) is 23.4 Å². The van der Waals surface area contributed by atoms with Gasteiger partial charge in [0.15, 0.2) is 5.65 Å². The maximum Gasteiger partial charge on any atom is 0.263 e. The van der Waals surface area contributed by atoms with Gasteiger partial charge in [-0.25, -0.2) is 13.4 Å². The molecule has 3 heterocycles. The number of aromatic amines is 1. The number of fused-ring (bicyclic) bond motifs is 1. The lowest BCUT2D eigenvalue weighted by Crippen LogP contribution is -2.35. The largest absolute Gasteiger partial charge is 0.263 e. The van der Waals surface area contributed by atoms with Gasteiger partial charge in [-0.15, -0.1) is 0 Å². The van der Waals surface area contributed by atoms with Crippen molar-refractivity contribution in [3.8, 4) is 0 Å². The molecule has 0 radical (unpaired) electrons. The monoisotopic (exact) mass is 266 g/mol. The lowest BCUT2D eigenvalue weighted by Gasteiger charge is -2.24. The first-order valence-electron chi connectivity index (χ1n) is 5.99. The van der Waals surface area contributed by atoms with Crippen LogP contribution in [0.1, 0.15) is 19.3 Å². The SMILES string of the molecule is O=S(=O)(c1n[nH]c2ncccc12)N1CCCCC1. The van der Waals surface area contributed by atoms with E-state index in [9.17, 15) is 8.42 Å². The van der Waals surface area contributed by atoms with Crippen molar-refractivity contribution in [2.24, 2.45) is 0 Å². The van der Waals surface area contributed by atoms with Crippen LogP contribution in [-0.2, 0) is 10.0 Å². The highest BCUT2D eigenvalue weighted by molar-refractivity contribution is 7.89. The smallest absolute Gasteiger partial charge is 0.259 e. The summed E-state index contributed by atoms with van der Waals surface area (Å²) in [6.07, 6.45) is 4.53. The third-order valence-electron chi connectivity index (χ3n) is 3.20. The van der Waals surface area contributed by atoms with E-state index in [0.29, 0.717) is 24.1 Å².